The molecule has 0 aliphatic rings. The molecular weight excluding hydrogens is 164 g/mol. The van der Waals surface area contributed by atoms with Gasteiger partial charge in [0.25, 0.3) is 0 Å². The molecule has 1 radical (unpaired) electrons. The average Bonchev–Trinajstić information content (AvgIpc) is 2.07. The number of aryl methyl sites for hydroxylation is 1. The minimum absolute atomic E-state index is 0.941. The Hall–Kier alpha value is -1.08. The van der Waals surface area contributed by atoms with E-state index >= 15 is 0 Å². The highest BCUT2D eigenvalue weighted by Gasteiger charge is 1.96. The molecule has 0 spiro atoms. The third kappa shape index (κ3) is 1.16. The number of fused-ring (bicyclic) bond motifs is 1. The summed E-state index contributed by atoms with van der Waals surface area (Å²) in [5, 5.41) is 2.42. The Kier molecular flexibility index (Phi) is 1.74. The number of rotatable bonds is 0. The van der Waals surface area contributed by atoms with E-state index in [1.54, 1.807) is 0 Å². The van der Waals surface area contributed by atoms with E-state index in [9.17, 15) is 0 Å². The van der Waals surface area contributed by atoms with Crippen molar-refractivity contribution in [2.24, 2.45) is 0 Å². The SMILES string of the molecule is Cc1ccc2cccc([S])c2c1. The van der Waals surface area contributed by atoms with Crippen molar-refractivity contribution in [1.29, 1.82) is 0 Å². The summed E-state index contributed by atoms with van der Waals surface area (Å²) in [6.07, 6.45) is 0. The molecule has 0 bridgehead atoms. The zero-order valence-corrected chi connectivity index (χ0v) is 7.69. The molecule has 1 heteroatoms. The lowest BCUT2D eigenvalue weighted by molar-refractivity contribution is 1.47. The first kappa shape index (κ1) is 7.56. The molecule has 2 aromatic carbocycles. The van der Waals surface area contributed by atoms with Crippen molar-refractivity contribution in [1.82, 2.24) is 0 Å². The summed E-state index contributed by atoms with van der Waals surface area (Å²) in [6, 6.07) is 12.4. The first-order chi connectivity index (χ1) is 5.77. The molecule has 2 rings (SSSR count). The van der Waals surface area contributed by atoms with Crippen LogP contribution in [0.4, 0.5) is 0 Å². The molecule has 0 aromatic heterocycles. The highest BCUT2D eigenvalue weighted by molar-refractivity contribution is 7.80. The van der Waals surface area contributed by atoms with Gasteiger partial charge in [-0.05, 0) is 29.8 Å². The normalized spacial score (nSPS) is 10.4. The predicted molar refractivity (Wildman–Crippen MR) is 54.5 cm³/mol. The third-order valence-corrected chi connectivity index (χ3v) is 2.35. The van der Waals surface area contributed by atoms with Crippen molar-refractivity contribution in [2.75, 3.05) is 0 Å². The summed E-state index contributed by atoms with van der Waals surface area (Å²) in [4.78, 5) is 0.941. The fraction of sp³-hybridized carbons (Fsp3) is 0.0909. The van der Waals surface area contributed by atoms with Crippen LogP contribution < -0.4 is 0 Å². The lowest BCUT2D eigenvalue weighted by atomic mass is 10.1. The smallest absolute Gasteiger partial charge is 0.0455 e. The molecule has 0 saturated heterocycles. The van der Waals surface area contributed by atoms with Gasteiger partial charge in [-0.15, -0.1) is 0 Å². The molecular formula is C11H9S. The molecule has 0 unspecified atom stereocenters. The quantitative estimate of drug-likeness (QED) is 0.569. The molecule has 0 heterocycles. The maximum absolute atomic E-state index is 5.21. The van der Waals surface area contributed by atoms with Gasteiger partial charge in [0.1, 0.15) is 0 Å². The molecule has 0 fully saturated rings. The first-order valence-electron chi connectivity index (χ1n) is 3.94. The summed E-state index contributed by atoms with van der Waals surface area (Å²) in [7, 11) is 0. The summed E-state index contributed by atoms with van der Waals surface area (Å²) in [6.45, 7) is 2.08. The second-order valence-electron chi connectivity index (χ2n) is 2.98. The lowest BCUT2D eigenvalue weighted by Crippen LogP contribution is -1.76. The van der Waals surface area contributed by atoms with Crippen molar-refractivity contribution in [3.8, 4) is 0 Å². The second-order valence-corrected chi connectivity index (χ2v) is 3.42. The Bertz CT molecular complexity index is 418. The predicted octanol–water partition coefficient (Wildman–Crippen LogP) is 3.70. The van der Waals surface area contributed by atoms with E-state index in [1.165, 1.54) is 16.3 Å². The van der Waals surface area contributed by atoms with Gasteiger partial charge in [-0.25, -0.2) is 0 Å². The summed E-state index contributed by atoms with van der Waals surface area (Å²) in [5.41, 5.74) is 1.26. The van der Waals surface area contributed by atoms with E-state index in [0.717, 1.165) is 4.90 Å². The Labute approximate surface area is 77.6 Å². The van der Waals surface area contributed by atoms with E-state index in [1.807, 2.05) is 12.1 Å². The zero-order valence-electron chi connectivity index (χ0n) is 6.87. The highest BCUT2D eigenvalue weighted by atomic mass is 32.1. The van der Waals surface area contributed by atoms with Gasteiger partial charge in [-0.2, -0.15) is 0 Å². The Morgan fingerprint density at radius 3 is 2.75 bits per heavy atom. The van der Waals surface area contributed by atoms with Gasteiger partial charge >= 0.3 is 0 Å². The topological polar surface area (TPSA) is 0 Å². The van der Waals surface area contributed by atoms with E-state index in [2.05, 4.69) is 31.2 Å². The minimum atomic E-state index is 0.941. The van der Waals surface area contributed by atoms with Crippen LogP contribution in [0.25, 0.3) is 10.8 Å². The van der Waals surface area contributed by atoms with E-state index in [-0.39, 0.29) is 0 Å². The van der Waals surface area contributed by atoms with Gasteiger partial charge in [0, 0.05) is 4.90 Å². The lowest BCUT2D eigenvalue weighted by Gasteiger charge is -2.00. The van der Waals surface area contributed by atoms with Gasteiger partial charge in [0.2, 0.25) is 0 Å². The van der Waals surface area contributed by atoms with Crippen molar-refractivity contribution < 1.29 is 0 Å². The van der Waals surface area contributed by atoms with Crippen LogP contribution >= 0.6 is 12.6 Å². The van der Waals surface area contributed by atoms with Crippen molar-refractivity contribution >= 4 is 23.4 Å². The van der Waals surface area contributed by atoms with E-state index in [0.29, 0.717) is 0 Å². The summed E-state index contributed by atoms with van der Waals surface area (Å²) >= 11 is 5.21. The summed E-state index contributed by atoms with van der Waals surface area (Å²) in [5.74, 6) is 0. The fourth-order valence-corrected chi connectivity index (χ4v) is 1.61. The largest absolute Gasteiger partial charge is 0.0794 e. The number of hydrogen-bond acceptors (Lipinski definition) is 0. The minimum Gasteiger partial charge on any atom is -0.0794 e. The van der Waals surface area contributed by atoms with Crippen molar-refractivity contribution in [3.63, 3.8) is 0 Å². The molecule has 0 N–H and O–H groups in total. The van der Waals surface area contributed by atoms with Gasteiger partial charge in [0.15, 0.2) is 0 Å². The first-order valence-corrected chi connectivity index (χ1v) is 4.34. The molecule has 0 saturated carbocycles. The van der Waals surface area contributed by atoms with Gasteiger partial charge in [-0.3, -0.25) is 0 Å². The van der Waals surface area contributed by atoms with E-state index in [4.69, 9.17) is 12.6 Å². The monoisotopic (exact) mass is 173 g/mol. The molecule has 2 aromatic rings. The van der Waals surface area contributed by atoms with Crippen LogP contribution in [0.3, 0.4) is 0 Å². The molecule has 12 heavy (non-hydrogen) atoms. The van der Waals surface area contributed by atoms with Gasteiger partial charge in [-0.1, -0.05) is 42.5 Å². The van der Waals surface area contributed by atoms with Crippen LogP contribution in [0.5, 0.6) is 0 Å². The maximum Gasteiger partial charge on any atom is 0.0455 e. The second kappa shape index (κ2) is 2.76. The standard InChI is InChI=1S/C11H9S/c1-8-5-6-9-3-2-4-11(12)10(9)7-8/h2-7H,1H3. The Balaban J connectivity index is 2.88. The molecule has 59 valence electrons. The van der Waals surface area contributed by atoms with Gasteiger partial charge in [0.05, 0.1) is 0 Å². The molecule has 0 atom stereocenters. The Morgan fingerprint density at radius 2 is 1.92 bits per heavy atom. The zero-order chi connectivity index (χ0) is 8.55. The van der Waals surface area contributed by atoms with Crippen molar-refractivity contribution in [2.45, 2.75) is 11.8 Å². The fourth-order valence-electron chi connectivity index (χ4n) is 1.36. The van der Waals surface area contributed by atoms with Crippen LogP contribution in [0.2, 0.25) is 0 Å². The average molecular weight is 173 g/mol. The third-order valence-electron chi connectivity index (χ3n) is 2.00. The molecule has 0 nitrogen and oxygen atoms in total. The Morgan fingerprint density at radius 1 is 1.08 bits per heavy atom. The maximum atomic E-state index is 5.21. The van der Waals surface area contributed by atoms with Crippen LogP contribution in [0.1, 0.15) is 5.56 Å². The summed E-state index contributed by atoms with van der Waals surface area (Å²) < 4.78 is 0. The van der Waals surface area contributed by atoms with Gasteiger partial charge < -0.3 is 0 Å². The van der Waals surface area contributed by atoms with Crippen LogP contribution in [-0.4, -0.2) is 0 Å². The molecule has 0 aliphatic carbocycles. The number of hydrogen-bond donors (Lipinski definition) is 0. The van der Waals surface area contributed by atoms with Crippen LogP contribution in [0.15, 0.2) is 41.3 Å². The van der Waals surface area contributed by atoms with Crippen LogP contribution in [-0.2, 0) is 0 Å². The number of benzene rings is 2. The highest BCUT2D eigenvalue weighted by Crippen LogP contribution is 2.22. The molecule has 0 aliphatic heterocycles. The van der Waals surface area contributed by atoms with Crippen molar-refractivity contribution in [3.05, 3.63) is 42.0 Å². The van der Waals surface area contributed by atoms with E-state index < -0.39 is 0 Å². The molecule has 0 amide bonds. The van der Waals surface area contributed by atoms with Crippen LogP contribution in [0, 0.1) is 6.92 Å².